The molecule has 1 aromatic carbocycles. The molecule has 2 aromatic rings. The monoisotopic (exact) mass is 261 g/mol. The van der Waals surface area contributed by atoms with E-state index in [-0.39, 0.29) is 11.9 Å². The second kappa shape index (κ2) is 6.53. The molecule has 1 atom stereocenters. The van der Waals surface area contributed by atoms with Gasteiger partial charge in [-0.25, -0.2) is 4.39 Å². The Hall–Kier alpha value is -1.61. The molecule has 3 heteroatoms. The molecule has 0 aliphatic rings. The Kier molecular flexibility index (Phi) is 4.74. The fourth-order valence-electron chi connectivity index (χ4n) is 2.24. The standard InChI is InChI=1S/C16H20FNO/c1-3-7-18-16(9-13-6-8-19-11-13)15-10-14(17)5-4-12(15)2/h4-6,8,10-11,16,18H,3,7,9H2,1-2H3. The fourth-order valence-corrected chi connectivity index (χ4v) is 2.24. The molecule has 1 aromatic heterocycles. The van der Waals surface area contributed by atoms with Gasteiger partial charge >= 0.3 is 0 Å². The van der Waals surface area contributed by atoms with Gasteiger partial charge in [0.05, 0.1) is 12.5 Å². The van der Waals surface area contributed by atoms with Crippen LogP contribution >= 0.6 is 0 Å². The van der Waals surface area contributed by atoms with Crippen molar-refractivity contribution in [2.45, 2.75) is 32.7 Å². The Morgan fingerprint density at radius 1 is 1.32 bits per heavy atom. The number of aryl methyl sites for hydroxylation is 1. The maximum atomic E-state index is 13.5. The highest BCUT2D eigenvalue weighted by molar-refractivity contribution is 5.31. The average molecular weight is 261 g/mol. The van der Waals surface area contributed by atoms with Crippen LogP contribution in [-0.2, 0) is 6.42 Å². The van der Waals surface area contributed by atoms with Crippen LogP contribution in [0.3, 0.4) is 0 Å². The molecule has 1 heterocycles. The molecule has 1 N–H and O–H groups in total. The summed E-state index contributed by atoms with van der Waals surface area (Å²) in [6.07, 6.45) is 5.27. The van der Waals surface area contributed by atoms with Crippen molar-refractivity contribution in [2.75, 3.05) is 6.54 Å². The molecule has 2 rings (SSSR count). The van der Waals surface area contributed by atoms with Gasteiger partial charge in [-0.05, 0) is 61.2 Å². The highest BCUT2D eigenvalue weighted by Crippen LogP contribution is 2.23. The van der Waals surface area contributed by atoms with Gasteiger partial charge in [-0.2, -0.15) is 0 Å². The number of nitrogens with one attached hydrogen (secondary N) is 1. The smallest absolute Gasteiger partial charge is 0.123 e. The van der Waals surface area contributed by atoms with Crippen LogP contribution in [0, 0.1) is 12.7 Å². The summed E-state index contributed by atoms with van der Waals surface area (Å²) in [4.78, 5) is 0. The minimum Gasteiger partial charge on any atom is -0.472 e. The predicted octanol–water partition coefficient (Wildman–Crippen LogP) is 4.01. The molecule has 0 radical (unpaired) electrons. The van der Waals surface area contributed by atoms with E-state index in [0.29, 0.717) is 0 Å². The minimum atomic E-state index is -0.184. The van der Waals surface area contributed by atoms with Crippen LogP contribution in [0.25, 0.3) is 0 Å². The summed E-state index contributed by atoms with van der Waals surface area (Å²) in [5, 5.41) is 3.48. The molecule has 0 saturated heterocycles. The molecule has 1 unspecified atom stereocenters. The number of hydrogen-bond donors (Lipinski definition) is 1. The number of rotatable bonds is 6. The topological polar surface area (TPSA) is 25.2 Å². The molecular weight excluding hydrogens is 241 g/mol. The molecule has 2 nitrogen and oxygen atoms in total. The van der Waals surface area contributed by atoms with E-state index >= 15 is 0 Å². The lowest BCUT2D eigenvalue weighted by atomic mass is 9.96. The first-order chi connectivity index (χ1) is 9.20. The zero-order chi connectivity index (χ0) is 13.7. The van der Waals surface area contributed by atoms with Gasteiger partial charge in [0.25, 0.3) is 0 Å². The van der Waals surface area contributed by atoms with Crippen molar-refractivity contribution in [3.05, 3.63) is 59.3 Å². The molecule has 0 spiro atoms. The van der Waals surface area contributed by atoms with Crippen molar-refractivity contribution in [3.63, 3.8) is 0 Å². The van der Waals surface area contributed by atoms with Gasteiger partial charge in [-0.15, -0.1) is 0 Å². The molecule has 0 amide bonds. The van der Waals surface area contributed by atoms with Crippen LogP contribution in [0.4, 0.5) is 4.39 Å². The summed E-state index contributed by atoms with van der Waals surface area (Å²) in [6.45, 7) is 5.06. The van der Waals surface area contributed by atoms with Gasteiger partial charge in [0.15, 0.2) is 0 Å². The molecule has 0 aliphatic carbocycles. The summed E-state index contributed by atoms with van der Waals surface area (Å²) >= 11 is 0. The third kappa shape index (κ3) is 3.67. The Morgan fingerprint density at radius 3 is 2.84 bits per heavy atom. The SMILES string of the molecule is CCCNC(Cc1ccoc1)c1cc(F)ccc1C. The number of hydrogen-bond acceptors (Lipinski definition) is 2. The van der Waals surface area contributed by atoms with E-state index in [1.165, 1.54) is 6.07 Å². The zero-order valence-electron chi connectivity index (χ0n) is 11.4. The quantitative estimate of drug-likeness (QED) is 0.850. The first-order valence-electron chi connectivity index (χ1n) is 6.71. The normalized spacial score (nSPS) is 12.6. The van der Waals surface area contributed by atoms with E-state index in [4.69, 9.17) is 4.42 Å². The van der Waals surface area contributed by atoms with Crippen molar-refractivity contribution >= 4 is 0 Å². The van der Waals surface area contributed by atoms with Gasteiger partial charge in [-0.3, -0.25) is 0 Å². The van der Waals surface area contributed by atoms with Crippen LogP contribution in [0.5, 0.6) is 0 Å². The van der Waals surface area contributed by atoms with E-state index in [0.717, 1.165) is 36.1 Å². The fraction of sp³-hybridized carbons (Fsp3) is 0.375. The van der Waals surface area contributed by atoms with Gasteiger partial charge < -0.3 is 9.73 Å². The lowest BCUT2D eigenvalue weighted by molar-refractivity contribution is 0.515. The summed E-state index contributed by atoms with van der Waals surface area (Å²) in [5.41, 5.74) is 3.26. The molecule has 0 bridgehead atoms. The average Bonchev–Trinajstić information content (AvgIpc) is 2.90. The van der Waals surface area contributed by atoms with Crippen LogP contribution in [0.1, 0.15) is 36.1 Å². The first-order valence-corrected chi connectivity index (χ1v) is 6.71. The third-order valence-electron chi connectivity index (χ3n) is 3.28. The Balaban J connectivity index is 2.23. The highest BCUT2D eigenvalue weighted by atomic mass is 19.1. The Labute approximate surface area is 113 Å². The van der Waals surface area contributed by atoms with Crippen LogP contribution in [0.15, 0.2) is 41.2 Å². The van der Waals surface area contributed by atoms with E-state index in [1.807, 2.05) is 19.1 Å². The maximum absolute atomic E-state index is 13.5. The van der Waals surface area contributed by atoms with Gasteiger partial charge in [-0.1, -0.05) is 13.0 Å². The van der Waals surface area contributed by atoms with E-state index in [1.54, 1.807) is 18.6 Å². The van der Waals surface area contributed by atoms with Gasteiger partial charge in [0.1, 0.15) is 5.82 Å². The molecule has 102 valence electrons. The van der Waals surface area contributed by atoms with E-state index < -0.39 is 0 Å². The van der Waals surface area contributed by atoms with Crippen molar-refractivity contribution in [3.8, 4) is 0 Å². The second-order valence-electron chi connectivity index (χ2n) is 4.84. The summed E-state index contributed by atoms with van der Waals surface area (Å²) < 4.78 is 18.6. The van der Waals surface area contributed by atoms with Crippen LogP contribution in [-0.4, -0.2) is 6.54 Å². The van der Waals surface area contributed by atoms with Gasteiger partial charge in [0.2, 0.25) is 0 Å². The molecular formula is C16H20FNO. The number of benzene rings is 1. The second-order valence-corrected chi connectivity index (χ2v) is 4.84. The molecule has 0 fully saturated rings. The van der Waals surface area contributed by atoms with Gasteiger partial charge in [0, 0.05) is 6.04 Å². The lowest BCUT2D eigenvalue weighted by Crippen LogP contribution is -2.24. The van der Waals surface area contributed by atoms with Crippen LogP contribution < -0.4 is 5.32 Å². The summed E-state index contributed by atoms with van der Waals surface area (Å²) in [5.74, 6) is -0.184. The number of furan rings is 1. The summed E-state index contributed by atoms with van der Waals surface area (Å²) in [6, 6.07) is 7.04. The Bertz CT molecular complexity index is 507. The number of halogens is 1. The maximum Gasteiger partial charge on any atom is 0.123 e. The largest absolute Gasteiger partial charge is 0.472 e. The predicted molar refractivity (Wildman–Crippen MR) is 74.6 cm³/mol. The third-order valence-corrected chi connectivity index (χ3v) is 3.28. The van der Waals surface area contributed by atoms with Crippen LogP contribution in [0.2, 0.25) is 0 Å². The molecule has 0 aliphatic heterocycles. The van der Waals surface area contributed by atoms with E-state index in [9.17, 15) is 4.39 Å². The zero-order valence-corrected chi connectivity index (χ0v) is 11.4. The van der Waals surface area contributed by atoms with E-state index in [2.05, 4.69) is 12.2 Å². The lowest BCUT2D eigenvalue weighted by Gasteiger charge is -2.20. The first kappa shape index (κ1) is 13.8. The highest BCUT2D eigenvalue weighted by Gasteiger charge is 2.15. The van der Waals surface area contributed by atoms with Crippen molar-refractivity contribution < 1.29 is 8.81 Å². The van der Waals surface area contributed by atoms with Crippen molar-refractivity contribution in [1.82, 2.24) is 5.32 Å². The van der Waals surface area contributed by atoms with Crippen molar-refractivity contribution in [2.24, 2.45) is 0 Å². The minimum absolute atomic E-state index is 0.119. The molecule has 19 heavy (non-hydrogen) atoms. The Morgan fingerprint density at radius 2 is 2.16 bits per heavy atom. The van der Waals surface area contributed by atoms with Crippen molar-refractivity contribution in [1.29, 1.82) is 0 Å². The summed E-state index contributed by atoms with van der Waals surface area (Å²) in [7, 11) is 0. The molecule has 0 saturated carbocycles.